The molecule has 84 valence electrons. The van der Waals surface area contributed by atoms with Gasteiger partial charge in [-0.05, 0) is 18.2 Å². The van der Waals surface area contributed by atoms with E-state index in [2.05, 4.69) is 19.9 Å². The molecule has 0 aliphatic carbocycles. The lowest BCUT2D eigenvalue weighted by Crippen LogP contribution is -1.90. The molecular weight excluding hydrogens is 214 g/mol. The molecule has 17 heavy (non-hydrogen) atoms. The minimum Gasteiger partial charge on any atom is -0.368 e. The molecule has 0 fully saturated rings. The van der Waals surface area contributed by atoms with Crippen LogP contribution < -0.4 is 5.73 Å². The van der Waals surface area contributed by atoms with E-state index in [1.807, 2.05) is 24.3 Å². The lowest BCUT2D eigenvalue weighted by Gasteiger charge is -1.90. The minimum atomic E-state index is 0.322. The Morgan fingerprint density at radius 2 is 1.18 bits per heavy atom. The summed E-state index contributed by atoms with van der Waals surface area (Å²) in [6, 6.07) is 9.52. The van der Waals surface area contributed by atoms with E-state index < -0.39 is 0 Å². The van der Waals surface area contributed by atoms with Crippen LogP contribution in [0.15, 0.2) is 55.1 Å². The highest BCUT2D eigenvalue weighted by atomic mass is 15.0. The van der Waals surface area contributed by atoms with E-state index in [0.717, 1.165) is 11.0 Å². The second kappa shape index (κ2) is 5.50. The highest BCUT2D eigenvalue weighted by molar-refractivity contribution is 5.72. The van der Waals surface area contributed by atoms with Crippen LogP contribution in [0.4, 0.5) is 5.95 Å². The Morgan fingerprint density at radius 1 is 0.647 bits per heavy atom. The molecule has 3 aromatic rings. The van der Waals surface area contributed by atoms with Gasteiger partial charge in [-0.1, -0.05) is 12.1 Å². The molecule has 0 aliphatic heterocycles. The third kappa shape index (κ3) is 3.20. The molecule has 0 radical (unpaired) electrons. The maximum Gasteiger partial charge on any atom is 0.219 e. The van der Waals surface area contributed by atoms with Crippen LogP contribution in [0.2, 0.25) is 0 Å². The summed E-state index contributed by atoms with van der Waals surface area (Å²) >= 11 is 0. The summed E-state index contributed by atoms with van der Waals surface area (Å²) in [7, 11) is 0. The van der Waals surface area contributed by atoms with Crippen LogP contribution in [0, 0.1) is 0 Å². The van der Waals surface area contributed by atoms with Gasteiger partial charge in [0.1, 0.15) is 0 Å². The summed E-state index contributed by atoms with van der Waals surface area (Å²) in [6.45, 7) is 0. The van der Waals surface area contributed by atoms with Crippen molar-refractivity contribution >= 4 is 17.0 Å². The molecule has 1 aromatic carbocycles. The predicted molar refractivity (Wildman–Crippen MR) is 66.0 cm³/mol. The Bertz CT molecular complexity index is 517. The van der Waals surface area contributed by atoms with Crippen LogP contribution in [-0.4, -0.2) is 19.9 Å². The maximum absolute atomic E-state index is 5.14. The van der Waals surface area contributed by atoms with Gasteiger partial charge in [0.05, 0.1) is 11.0 Å². The SMILES string of the molecule is Nc1ncccn1.c1ccc2nccnc2c1. The molecule has 2 aromatic heterocycles. The van der Waals surface area contributed by atoms with Gasteiger partial charge < -0.3 is 5.73 Å². The highest BCUT2D eigenvalue weighted by Gasteiger charge is 1.88. The van der Waals surface area contributed by atoms with Gasteiger partial charge in [0.2, 0.25) is 5.95 Å². The molecule has 0 bridgehead atoms. The van der Waals surface area contributed by atoms with Crippen LogP contribution >= 0.6 is 0 Å². The molecule has 0 unspecified atom stereocenters. The second-order valence-corrected chi connectivity index (χ2v) is 3.15. The van der Waals surface area contributed by atoms with E-state index in [0.29, 0.717) is 5.95 Å². The number of anilines is 1. The molecule has 0 saturated heterocycles. The first-order chi connectivity index (χ1) is 8.36. The predicted octanol–water partition coefficient (Wildman–Crippen LogP) is 1.69. The molecule has 5 heteroatoms. The summed E-state index contributed by atoms with van der Waals surface area (Å²) in [5.41, 5.74) is 7.03. The molecule has 0 saturated carbocycles. The third-order valence-corrected chi connectivity index (χ3v) is 1.96. The fourth-order valence-electron chi connectivity index (χ4n) is 1.22. The number of para-hydroxylation sites is 2. The topological polar surface area (TPSA) is 77.6 Å². The van der Waals surface area contributed by atoms with Crippen molar-refractivity contribution in [2.45, 2.75) is 0 Å². The number of rotatable bonds is 0. The summed E-state index contributed by atoms with van der Waals surface area (Å²) in [5.74, 6) is 0.322. The van der Waals surface area contributed by atoms with Gasteiger partial charge in [-0.25, -0.2) is 9.97 Å². The zero-order valence-corrected chi connectivity index (χ0v) is 9.06. The van der Waals surface area contributed by atoms with E-state index >= 15 is 0 Å². The van der Waals surface area contributed by atoms with Gasteiger partial charge in [0, 0.05) is 24.8 Å². The van der Waals surface area contributed by atoms with E-state index in [4.69, 9.17) is 5.73 Å². The normalized spacial score (nSPS) is 9.41. The highest BCUT2D eigenvalue weighted by Crippen LogP contribution is 2.04. The van der Waals surface area contributed by atoms with Crippen molar-refractivity contribution in [2.75, 3.05) is 5.73 Å². The van der Waals surface area contributed by atoms with Crippen LogP contribution in [0.5, 0.6) is 0 Å². The quantitative estimate of drug-likeness (QED) is 0.630. The van der Waals surface area contributed by atoms with Crippen LogP contribution in [0.3, 0.4) is 0 Å². The number of nitrogens with two attached hydrogens (primary N) is 1. The van der Waals surface area contributed by atoms with Crippen LogP contribution in [0.25, 0.3) is 11.0 Å². The summed E-state index contributed by atoms with van der Waals surface area (Å²) in [4.78, 5) is 15.5. The molecule has 0 aliphatic rings. The average Bonchev–Trinajstić information content (AvgIpc) is 2.41. The fraction of sp³-hybridized carbons (Fsp3) is 0. The number of fused-ring (bicyclic) bond motifs is 1. The zero-order valence-electron chi connectivity index (χ0n) is 9.06. The van der Waals surface area contributed by atoms with E-state index in [1.165, 1.54) is 0 Å². The molecule has 2 heterocycles. The monoisotopic (exact) mass is 225 g/mol. The van der Waals surface area contributed by atoms with E-state index in [9.17, 15) is 0 Å². The van der Waals surface area contributed by atoms with Crippen molar-refractivity contribution in [1.29, 1.82) is 0 Å². The number of hydrogen-bond acceptors (Lipinski definition) is 5. The minimum absolute atomic E-state index is 0.322. The van der Waals surface area contributed by atoms with E-state index in [-0.39, 0.29) is 0 Å². The van der Waals surface area contributed by atoms with Gasteiger partial charge >= 0.3 is 0 Å². The summed E-state index contributed by atoms with van der Waals surface area (Å²) in [5, 5.41) is 0. The zero-order chi connectivity index (χ0) is 11.9. The number of benzene rings is 1. The Kier molecular flexibility index (Phi) is 3.54. The van der Waals surface area contributed by atoms with Gasteiger partial charge in [-0.2, -0.15) is 0 Å². The van der Waals surface area contributed by atoms with Gasteiger partial charge in [0.15, 0.2) is 0 Å². The third-order valence-electron chi connectivity index (χ3n) is 1.96. The first kappa shape index (κ1) is 10.9. The standard InChI is InChI=1S/C8H6N2.C4H5N3/c1-2-4-8-7(3-1)9-5-6-10-8;5-4-6-2-1-3-7-4/h1-6H;1-3H,(H2,5,6,7). The number of hydrogen-bond donors (Lipinski definition) is 1. The summed E-state index contributed by atoms with van der Waals surface area (Å²) in [6.07, 6.45) is 6.59. The Morgan fingerprint density at radius 3 is 1.59 bits per heavy atom. The molecule has 5 nitrogen and oxygen atoms in total. The van der Waals surface area contributed by atoms with Crippen molar-refractivity contribution in [2.24, 2.45) is 0 Å². The Hall–Kier alpha value is -2.56. The second-order valence-electron chi connectivity index (χ2n) is 3.15. The van der Waals surface area contributed by atoms with E-state index in [1.54, 1.807) is 30.9 Å². The number of nitrogen functional groups attached to an aromatic ring is 1. The fourth-order valence-corrected chi connectivity index (χ4v) is 1.22. The van der Waals surface area contributed by atoms with Crippen molar-refractivity contribution in [1.82, 2.24) is 19.9 Å². The Labute approximate surface area is 98.4 Å². The molecular formula is C12H11N5. The smallest absolute Gasteiger partial charge is 0.219 e. The largest absolute Gasteiger partial charge is 0.368 e. The molecule has 3 rings (SSSR count). The van der Waals surface area contributed by atoms with Gasteiger partial charge in [-0.3, -0.25) is 9.97 Å². The average molecular weight is 225 g/mol. The van der Waals surface area contributed by atoms with Crippen LogP contribution in [-0.2, 0) is 0 Å². The number of nitrogens with zero attached hydrogens (tertiary/aromatic N) is 4. The van der Waals surface area contributed by atoms with Crippen molar-refractivity contribution < 1.29 is 0 Å². The molecule has 2 N–H and O–H groups in total. The van der Waals surface area contributed by atoms with Gasteiger partial charge in [0.25, 0.3) is 0 Å². The molecule has 0 amide bonds. The lowest BCUT2D eigenvalue weighted by atomic mass is 10.3. The van der Waals surface area contributed by atoms with Crippen molar-refractivity contribution in [3.8, 4) is 0 Å². The molecule has 0 spiro atoms. The molecule has 0 atom stereocenters. The van der Waals surface area contributed by atoms with Crippen molar-refractivity contribution in [3.05, 3.63) is 55.1 Å². The maximum atomic E-state index is 5.14. The summed E-state index contributed by atoms with van der Waals surface area (Å²) < 4.78 is 0. The number of aromatic nitrogens is 4. The first-order valence-electron chi connectivity index (χ1n) is 5.04. The van der Waals surface area contributed by atoms with Gasteiger partial charge in [-0.15, -0.1) is 0 Å². The van der Waals surface area contributed by atoms with Crippen molar-refractivity contribution in [3.63, 3.8) is 0 Å². The lowest BCUT2D eigenvalue weighted by molar-refractivity contribution is 1.19. The first-order valence-corrected chi connectivity index (χ1v) is 5.04. The Balaban J connectivity index is 0.000000136. The van der Waals surface area contributed by atoms with Crippen LogP contribution in [0.1, 0.15) is 0 Å².